The third-order valence-corrected chi connectivity index (χ3v) is 3.85. The van der Waals surface area contributed by atoms with E-state index >= 15 is 0 Å². The second-order valence-electron chi connectivity index (χ2n) is 5.81. The minimum Gasteiger partial charge on any atom is -0.393 e. The van der Waals surface area contributed by atoms with Crippen LogP contribution in [0.15, 0.2) is 0 Å². The summed E-state index contributed by atoms with van der Waals surface area (Å²) < 4.78 is 0. The van der Waals surface area contributed by atoms with E-state index in [1.165, 1.54) is 19.3 Å². The van der Waals surface area contributed by atoms with E-state index in [4.69, 9.17) is 0 Å². The Labute approximate surface area is 95.3 Å². The van der Waals surface area contributed by atoms with E-state index in [2.05, 4.69) is 27.2 Å². The van der Waals surface area contributed by atoms with Gasteiger partial charge >= 0.3 is 0 Å². The highest BCUT2D eigenvalue weighted by molar-refractivity contribution is 4.89. The highest BCUT2D eigenvalue weighted by atomic mass is 16.3. The number of hydrogen-bond acceptors (Lipinski definition) is 1. The van der Waals surface area contributed by atoms with Crippen LogP contribution >= 0.6 is 0 Å². The second kappa shape index (κ2) is 5.89. The van der Waals surface area contributed by atoms with E-state index in [0.717, 1.165) is 30.1 Å². The summed E-state index contributed by atoms with van der Waals surface area (Å²) in [6, 6.07) is 0. The van der Waals surface area contributed by atoms with Gasteiger partial charge in [0, 0.05) is 0 Å². The molecule has 0 aliphatic heterocycles. The van der Waals surface area contributed by atoms with E-state index in [1.54, 1.807) is 0 Å². The Hall–Kier alpha value is -0.0400. The van der Waals surface area contributed by atoms with Gasteiger partial charge in [0.25, 0.3) is 0 Å². The van der Waals surface area contributed by atoms with Crippen molar-refractivity contribution in [3.8, 4) is 0 Å². The summed E-state index contributed by atoms with van der Waals surface area (Å²) in [5.41, 5.74) is 0. The van der Waals surface area contributed by atoms with Crippen molar-refractivity contribution >= 4 is 0 Å². The van der Waals surface area contributed by atoms with Crippen LogP contribution in [-0.2, 0) is 0 Å². The molecule has 0 aromatic rings. The standard InChI is InChI=1S/C14H27O/c1-10(2)14-8-5-11(3)9-13(14)7-6-12(4)15/h7,10-15H,5-6,8-9H2,1-4H3. The molecule has 0 aromatic heterocycles. The quantitative estimate of drug-likeness (QED) is 0.752. The van der Waals surface area contributed by atoms with Crippen LogP contribution in [-0.4, -0.2) is 11.2 Å². The molecule has 1 fully saturated rings. The zero-order chi connectivity index (χ0) is 11.4. The van der Waals surface area contributed by atoms with Gasteiger partial charge in [-0.3, -0.25) is 0 Å². The monoisotopic (exact) mass is 211 g/mol. The molecule has 0 amide bonds. The van der Waals surface area contributed by atoms with E-state index in [1.807, 2.05) is 6.92 Å². The summed E-state index contributed by atoms with van der Waals surface area (Å²) in [6.45, 7) is 8.92. The molecule has 1 nitrogen and oxygen atoms in total. The largest absolute Gasteiger partial charge is 0.393 e. The van der Waals surface area contributed by atoms with Crippen molar-refractivity contribution in [2.24, 2.45) is 23.7 Å². The minimum absolute atomic E-state index is 0.171. The molecule has 1 saturated carbocycles. The lowest BCUT2D eigenvalue weighted by atomic mass is 9.68. The zero-order valence-electron chi connectivity index (χ0n) is 10.7. The van der Waals surface area contributed by atoms with Crippen LogP contribution in [0.3, 0.4) is 0 Å². The van der Waals surface area contributed by atoms with Gasteiger partial charge in [-0.15, -0.1) is 0 Å². The van der Waals surface area contributed by atoms with Gasteiger partial charge < -0.3 is 5.11 Å². The van der Waals surface area contributed by atoms with E-state index in [9.17, 15) is 5.11 Å². The summed E-state index contributed by atoms with van der Waals surface area (Å²) in [4.78, 5) is 0. The lowest BCUT2D eigenvalue weighted by Crippen LogP contribution is -2.28. The highest BCUT2D eigenvalue weighted by Gasteiger charge is 2.30. The number of hydrogen-bond donors (Lipinski definition) is 1. The first-order chi connectivity index (χ1) is 7.00. The molecule has 0 aromatic carbocycles. The molecule has 1 radical (unpaired) electrons. The molecule has 1 heteroatoms. The fourth-order valence-corrected chi connectivity index (χ4v) is 2.92. The van der Waals surface area contributed by atoms with Crippen LogP contribution in [0, 0.1) is 30.1 Å². The predicted molar refractivity (Wildman–Crippen MR) is 65.4 cm³/mol. The molecule has 0 spiro atoms. The van der Waals surface area contributed by atoms with Gasteiger partial charge in [-0.25, -0.2) is 0 Å². The summed E-state index contributed by atoms with van der Waals surface area (Å²) in [5, 5.41) is 9.34. The Morgan fingerprint density at radius 2 is 1.93 bits per heavy atom. The first-order valence-corrected chi connectivity index (χ1v) is 6.52. The van der Waals surface area contributed by atoms with Gasteiger partial charge in [0.1, 0.15) is 0 Å². The number of aliphatic hydroxyl groups excluding tert-OH is 1. The summed E-state index contributed by atoms with van der Waals surface area (Å²) >= 11 is 0. The lowest BCUT2D eigenvalue weighted by Gasteiger charge is -2.37. The average Bonchev–Trinajstić information content (AvgIpc) is 2.14. The van der Waals surface area contributed by atoms with Crippen molar-refractivity contribution < 1.29 is 5.11 Å². The van der Waals surface area contributed by atoms with Crippen LogP contribution in [0.4, 0.5) is 0 Å². The Morgan fingerprint density at radius 1 is 1.27 bits per heavy atom. The molecule has 4 unspecified atom stereocenters. The molecule has 15 heavy (non-hydrogen) atoms. The predicted octanol–water partition coefficient (Wildman–Crippen LogP) is 3.67. The Balaban J connectivity index is 2.46. The third kappa shape index (κ3) is 4.14. The number of aliphatic hydroxyl groups is 1. The van der Waals surface area contributed by atoms with Crippen molar-refractivity contribution in [2.45, 2.75) is 59.5 Å². The van der Waals surface area contributed by atoms with E-state index in [0.29, 0.717) is 0 Å². The maximum Gasteiger partial charge on any atom is 0.0515 e. The van der Waals surface area contributed by atoms with Crippen molar-refractivity contribution in [1.82, 2.24) is 0 Å². The molecule has 1 N–H and O–H groups in total. The van der Waals surface area contributed by atoms with Gasteiger partial charge in [0.05, 0.1) is 6.10 Å². The zero-order valence-corrected chi connectivity index (χ0v) is 10.7. The average molecular weight is 211 g/mol. The summed E-state index contributed by atoms with van der Waals surface area (Å²) in [7, 11) is 0. The maximum atomic E-state index is 9.34. The second-order valence-corrected chi connectivity index (χ2v) is 5.81. The summed E-state index contributed by atoms with van der Waals surface area (Å²) in [6.07, 6.45) is 7.16. The van der Waals surface area contributed by atoms with Gasteiger partial charge in [-0.2, -0.15) is 0 Å². The van der Waals surface area contributed by atoms with Crippen LogP contribution < -0.4 is 0 Å². The van der Waals surface area contributed by atoms with Crippen LogP contribution in [0.25, 0.3) is 0 Å². The number of rotatable bonds is 4. The maximum absolute atomic E-state index is 9.34. The summed E-state index contributed by atoms with van der Waals surface area (Å²) in [5.74, 6) is 3.24. The molecule has 1 aliphatic rings. The molecule has 0 saturated heterocycles. The molecule has 1 aliphatic carbocycles. The first-order valence-electron chi connectivity index (χ1n) is 6.52. The Kier molecular flexibility index (Phi) is 5.11. The van der Waals surface area contributed by atoms with Crippen LogP contribution in [0.1, 0.15) is 53.4 Å². The normalized spacial score (nSPS) is 34.4. The van der Waals surface area contributed by atoms with Crippen LogP contribution in [0.5, 0.6) is 0 Å². The van der Waals surface area contributed by atoms with Crippen LogP contribution in [0.2, 0.25) is 0 Å². The smallest absolute Gasteiger partial charge is 0.0515 e. The Morgan fingerprint density at radius 3 is 2.47 bits per heavy atom. The van der Waals surface area contributed by atoms with Gasteiger partial charge in [0.15, 0.2) is 0 Å². The van der Waals surface area contributed by atoms with Crippen molar-refractivity contribution in [3.63, 3.8) is 0 Å². The van der Waals surface area contributed by atoms with Gasteiger partial charge in [-0.1, -0.05) is 27.2 Å². The van der Waals surface area contributed by atoms with E-state index < -0.39 is 0 Å². The molecule has 0 heterocycles. The molecular weight excluding hydrogens is 184 g/mol. The molecule has 1 rings (SSSR count). The molecule has 89 valence electrons. The van der Waals surface area contributed by atoms with Crippen molar-refractivity contribution in [2.75, 3.05) is 0 Å². The van der Waals surface area contributed by atoms with Crippen molar-refractivity contribution in [1.29, 1.82) is 0 Å². The third-order valence-electron chi connectivity index (χ3n) is 3.85. The molecule has 4 atom stereocenters. The van der Waals surface area contributed by atoms with Gasteiger partial charge in [0.2, 0.25) is 0 Å². The van der Waals surface area contributed by atoms with Gasteiger partial charge in [-0.05, 0) is 56.3 Å². The minimum atomic E-state index is -0.171. The lowest BCUT2D eigenvalue weighted by molar-refractivity contribution is 0.144. The first kappa shape index (κ1) is 13.0. The molecular formula is C14H27O. The topological polar surface area (TPSA) is 20.2 Å². The Bertz CT molecular complexity index is 174. The fraction of sp³-hybridized carbons (Fsp3) is 0.929. The SMILES string of the molecule is CC(O)C[CH]C1CC(C)CCC1C(C)C. The molecule has 0 bridgehead atoms. The fourth-order valence-electron chi connectivity index (χ4n) is 2.92. The van der Waals surface area contributed by atoms with E-state index in [-0.39, 0.29) is 6.10 Å². The highest BCUT2D eigenvalue weighted by Crippen LogP contribution is 2.39. The van der Waals surface area contributed by atoms with Crippen molar-refractivity contribution in [3.05, 3.63) is 6.42 Å².